The lowest BCUT2D eigenvalue weighted by atomic mass is 10.0. The lowest BCUT2D eigenvalue weighted by Crippen LogP contribution is -2.27. The Bertz CT molecular complexity index is 618. The Morgan fingerprint density at radius 3 is 2.81 bits per heavy atom. The number of alkyl halides is 3. The molecular formula is C14H14F3N3O. The van der Waals surface area contributed by atoms with Crippen LogP contribution in [-0.2, 0) is 6.18 Å². The quantitative estimate of drug-likeness (QED) is 0.920. The molecule has 1 N–H and O–H groups in total. The maximum Gasteiger partial charge on any atom is 0.416 e. The average molecular weight is 297 g/mol. The Morgan fingerprint density at radius 2 is 2.10 bits per heavy atom. The normalized spacial score (nSPS) is 19.7. The number of piperidine rings is 1. The van der Waals surface area contributed by atoms with Crippen LogP contribution in [0, 0.1) is 0 Å². The third-order valence-corrected chi connectivity index (χ3v) is 3.50. The van der Waals surface area contributed by atoms with E-state index in [0.717, 1.165) is 37.9 Å². The predicted molar refractivity (Wildman–Crippen MR) is 69.3 cm³/mol. The van der Waals surface area contributed by atoms with Gasteiger partial charge in [-0.25, -0.2) is 0 Å². The van der Waals surface area contributed by atoms with Gasteiger partial charge in [-0.15, -0.1) is 0 Å². The third-order valence-electron chi connectivity index (χ3n) is 3.50. The van der Waals surface area contributed by atoms with Crippen LogP contribution in [0.3, 0.4) is 0 Å². The Morgan fingerprint density at radius 1 is 1.24 bits per heavy atom. The fourth-order valence-electron chi connectivity index (χ4n) is 2.39. The zero-order valence-corrected chi connectivity index (χ0v) is 11.2. The van der Waals surface area contributed by atoms with Crippen molar-refractivity contribution in [2.24, 2.45) is 0 Å². The number of rotatable bonds is 2. The highest BCUT2D eigenvalue weighted by atomic mass is 19.4. The molecule has 112 valence electrons. The van der Waals surface area contributed by atoms with E-state index in [9.17, 15) is 13.2 Å². The highest BCUT2D eigenvalue weighted by Gasteiger charge is 2.31. The minimum atomic E-state index is -4.39. The highest BCUT2D eigenvalue weighted by molar-refractivity contribution is 5.54. The molecule has 0 amide bonds. The highest BCUT2D eigenvalue weighted by Crippen LogP contribution is 2.32. The summed E-state index contributed by atoms with van der Waals surface area (Å²) in [5.41, 5.74) is -0.449. The molecule has 7 heteroatoms. The number of benzene rings is 1. The van der Waals surface area contributed by atoms with Crippen LogP contribution in [0.2, 0.25) is 0 Å². The summed E-state index contributed by atoms with van der Waals surface area (Å²) in [5, 5.41) is 7.15. The lowest BCUT2D eigenvalue weighted by Gasteiger charge is -2.19. The van der Waals surface area contributed by atoms with Gasteiger partial charge in [0.05, 0.1) is 11.6 Å². The van der Waals surface area contributed by atoms with E-state index in [1.54, 1.807) is 0 Å². The summed E-state index contributed by atoms with van der Waals surface area (Å²) in [5.74, 6) is 0.616. The van der Waals surface area contributed by atoms with Gasteiger partial charge in [0.1, 0.15) is 0 Å². The number of nitrogens with one attached hydrogen (secondary N) is 1. The first-order chi connectivity index (χ1) is 10.0. The van der Waals surface area contributed by atoms with E-state index in [4.69, 9.17) is 4.52 Å². The van der Waals surface area contributed by atoms with E-state index in [2.05, 4.69) is 15.5 Å². The first-order valence-electron chi connectivity index (χ1n) is 6.78. The van der Waals surface area contributed by atoms with Gasteiger partial charge in [-0.2, -0.15) is 18.2 Å². The number of hydrogen-bond acceptors (Lipinski definition) is 4. The van der Waals surface area contributed by atoms with Gasteiger partial charge in [-0.05, 0) is 37.6 Å². The molecule has 2 aromatic rings. The van der Waals surface area contributed by atoms with Gasteiger partial charge in [-0.3, -0.25) is 0 Å². The van der Waals surface area contributed by atoms with Crippen LogP contribution in [0.5, 0.6) is 0 Å². The fourth-order valence-corrected chi connectivity index (χ4v) is 2.39. The predicted octanol–water partition coefficient (Wildman–Crippen LogP) is 3.57. The largest absolute Gasteiger partial charge is 0.416 e. The van der Waals surface area contributed by atoms with Crippen LogP contribution in [0.25, 0.3) is 11.5 Å². The molecule has 0 bridgehead atoms. The lowest BCUT2D eigenvalue weighted by molar-refractivity contribution is -0.137. The Hall–Kier alpha value is -1.89. The van der Waals surface area contributed by atoms with Gasteiger partial charge in [0.15, 0.2) is 5.82 Å². The van der Waals surface area contributed by atoms with Crippen molar-refractivity contribution < 1.29 is 17.7 Å². The van der Waals surface area contributed by atoms with Crippen molar-refractivity contribution in [1.29, 1.82) is 0 Å². The van der Waals surface area contributed by atoms with E-state index >= 15 is 0 Å². The third kappa shape index (κ3) is 3.07. The van der Waals surface area contributed by atoms with Crippen molar-refractivity contribution in [3.05, 3.63) is 35.7 Å². The zero-order chi connectivity index (χ0) is 14.9. The van der Waals surface area contributed by atoms with E-state index in [-0.39, 0.29) is 17.5 Å². The topological polar surface area (TPSA) is 51.0 Å². The molecule has 1 atom stereocenters. The molecule has 1 aromatic heterocycles. The Balaban J connectivity index is 1.86. The summed E-state index contributed by atoms with van der Waals surface area (Å²) in [6, 6.07) is 4.92. The van der Waals surface area contributed by atoms with Crippen LogP contribution in [-0.4, -0.2) is 16.7 Å². The molecule has 1 aliphatic rings. The average Bonchev–Trinajstić information content (AvgIpc) is 2.97. The number of aromatic nitrogens is 2. The zero-order valence-electron chi connectivity index (χ0n) is 11.2. The molecule has 1 aromatic carbocycles. The first kappa shape index (κ1) is 14.1. The molecular weight excluding hydrogens is 283 g/mol. The maximum absolute atomic E-state index is 12.7. The van der Waals surface area contributed by atoms with Crippen molar-refractivity contribution in [2.75, 3.05) is 6.54 Å². The van der Waals surface area contributed by atoms with Crippen LogP contribution in [0.1, 0.15) is 36.7 Å². The van der Waals surface area contributed by atoms with E-state index in [1.165, 1.54) is 12.1 Å². The number of halogens is 3. The van der Waals surface area contributed by atoms with Crippen LogP contribution in [0.4, 0.5) is 13.2 Å². The first-order valence-corrected chi connectivity index (χ1v) is 6.78. The summed E-state index contributed by atoms with van der Waals surface area (Å²) in [7, 11) is 0. The van der Waals surface area contributed by atoms with Crippen molar-refractivity contribution in [2.45, 2.75) is 31.5 Å². The summed E-state index contributed by atoms with van der Waals surface area (Å²) in [6.45, 7) is 0.887. The van der Waals surface area contributed by atoms with Gasteiger partial charge >= 0.3 is 6.18 Å². The Labute approximate surface area is 119 Å². The van der Waals surface area contributed by atoms with Crippen molar-refractivity contribution in [1.82, 2.24) is 15.5 Å². The standard InChI is InChI=1S/C14H14F3N3O/c15-14(16,17)10-5-3-4-9(8-10)13-19-12(20-21-13)11-6-1-2-7-18-11/h3-5,8,11,18H,1-2,6-7H2. The molecule has 1 saturated heterocycles. The summed E-state index contributed by atoms with van der Waals surface area (Å²) >= 11 is 0. The summed E-state index contributed by atoms with van der Waals surface area (Å²) < 4.78 is 43.2. The molecule has 0 radical (unpaired) electrons. The minimum absolute atomic E-state index is 0.0158. The monoisotopic (exact) mass is 297 g/mol. The molecule has 4 nitrogen and oxygen atoms in total. The van der Waals surface area contributed by atoms with Crippen molar-refractivity contribution >= 4 is 0 Å². The number of nitrogens with zero attached hydrogens (tertiary/aromatic N) is 2. The molecule has 1 aliphatic heterocycles. The SMILES string of the molecule is FC(F)(F)c1cccc(-c2nc(C3CCCCN3)no2)c1. The molecule has 3 rings (SSSR count). The molecule has 2 heterocycles. The molecule has 21 heavy (non-hydrogen) atoms. The Kier molecular flexibility index (Phi) is 3.67. The van der Waals surface area contributed by atoms with Gasteiger partial charge in [0.2, 0.25) is 0 Å². The fraction of sp³-hybridized carbons (Fsp3) is 0.429. The second-order valence-corrected chi connectivity index (χ2v) is 5.04. The van der Waals surface area contributed by atoms with E-state index in [0.29, 0.717) is 5.82 Å². The molecule has 1 fully saturated rings. The van der Waals surface area contributed by atoms with Gasteiger partial charge in [-0.1, -0.05) is 17.6 Å². The van der Waals surface area contributed by atoms with Crippen molar-refractivity contribution in [3.8, 4) is 11.5 Å². The van der Waals surface area contributed by atoms with Gasteiger partial charge in [0.25, 0.3) is 5.89 Å². The molecule has 0 aliphatic carbocycles. The smallest absolute Gasteiger partial charge is 0.334 e. The second-order valence-electron chi connectivity index (χ2n) is 5.04. The van der Waals surface area contributed by atoms with Crippen LogP contribution >= 0.6 is 0 Å². The van der Waals surface area contributed by atoms with E-state index < -0.39 is 11.7 Å². The van der Waals surface area contributed by atoms with E-state index in [1.807, 2.05) is 0 Å². The minimum Gasteiger partial charge on any atom is -0.334 e. The summed E-state index contributed by atoms with van der Waals surface area (Å²) in [4.78, 5) is 4.22. The van der Waals surface area contributed by atoms with Crippen LogP contribution in [0.15, 0.2) is 28.8 Å². The molecule has 0 spiro atoms. The molecule has 1 unspecified atom stereocenters. The maximum atomic E-state index is 12.7. The second kappa shape index (κ2) is 5.48. The van der Waals surface area contributed by atoms with Crippen LogP contribution < -0.4 is 5.32 Å². The van der Waals surface area contributed by atoms with Gasteiger partial charge < -0.3 is 9.84 Å². The van der Waals surface area contributed by atoms with Crippen molar-refractivity contribution in [3.63, 3.8) is 0 Å². The molecule has 0 saturated carbocycles. The number of hydrogen-bond donors (Lipinski definition) is 1. The van der Waals surface area contributed by atoms with Gasteiger partial charge in [0, 0.05) is 5.56 Å². The summed E-state index contributed by atoms with van der Waals surface area (Å²) in [6.07, 6.45) is -1.30.